The molecule has 0 aromatic heterocycles. The Morgan fingerprint density at radius 3 is 0.884 bits per heavy atom. The minimum Gasteiger partial charge on any atom is -0.462 e. The number of carbonyl (C=O) groups is 4. The van der Waals surface area contributed by atoms with E-state index in [1.54, 1.807) is 0 Å². The number of ether oxygens (including phenoxy) is 4. The molecule has 19 heteroatoms. The van der Waals surface area contributed by atoms with Gasteiger partial charge in [-0.05, 0) is 37.5 Å². The van der Waals surface area contributed by atoms with Gasteiger partial charge in [-0.1, -0.05) is 286 Å². The monoisotopic (exact) mass is 1270 g/mol. The maximum Gasteiger partial charge on any atom is 0.472 e. The summed E-state index contributed by atoms with van der Waals surface area (Å²) in [4.78, 5) is 72.2. The van der Waals surface area contributed by atoms with Gasteiger partial charge >= 0.3 is 39.5 Å². The van der Waals surface area contributed by atoms with Crippen LogP contribution in [0.15, 0.2) is 0 Å². The molecule has 0 saturated heterocycles. The van der Waals surface area contributed by atoms with E-state index in [-0.39, 0.29) is 25.7 Å². The molecule has 0 aliphatic carbocycles. The van der Waals surface area contributed by atoms with Gasteiger partial charge < -0.3 is 33.8 Å². The molecule has 0 aromatic carbocycles. The number of carbonyl (C=O) groups excluding carboxylic acids is 4. The van der Waals surface area contributed by atoms with Crippen molar-refractivity contribution in [1.82, 2.24) is 0 Å². The molecule has 3 unspecified atom stereocenters. The topological polar surface area (TPSA) is 237 Å². The van der Waals surface area contributed by atoms with Crippen LogP contribution in [0, 0.1) is 11.8 Å². The van der Waals surface area contributed by atoms with Crippen LogP contribution < -0.4 is 0 Å². The Bertz CT molecular complexity index is 1690. The van der Waals surface area contributed by atoms with Gasteiger partial charge in [0, 0.05) is 25.7 Å². The lowest BCUT2D eigenvalue weighted by atomic mass is 10.00. The summed E-state index contributed by atoms with van der Waals surface area (Å²) in [6.07, 6.45) is 43.3. The number of rotatable bonds is 66. The number of unbranched alkanes of at least 4 members (excludes halogenated alkanes) is 35. The number of aliphatic hydroxyl groups excluding tert-OH is 1. The maximum atomic E-state index is 13.0. The van der Waals surface area contributed by atoms with Crippen molar-refractivity contribution in [3.8, 4) is 0 Å². The third-order valence-electron chi connectivity index (χ3n) is 15.8. The van der Waals surface area contributed by atoms with Crippen molar-refractivity contribution in [3.05, 3.63) is 0 Å². The fraction of sp³-hybridized carbons (Fsp3) is 0.940. The van der Waals surface area contributed by atoms with Crippen molar-refractivity contribution in [1.29, 1.82) is 0 Å². The minimum atomic E-state index is -4.95. The van der Waals surface area contributed by atoms with Crippen molar-refractivity contribution < 1.29 is 80.2 Å². The predicted octanol–water partition coefficient (Wildman–Crippen LogP) is 18.8. The van der Waals surface area contributed by atoms with Crippen LogP contribution in [-0.4, -0.2) is 96.7 Å². The Morgan fingerprint density at radius 2 is 0.593 bits per heavy atom. The van der Waals surface area contributed by atoms with Gasteiger partial charge in [0.05, 0.1) is 26.4 Å². The first-order valence-electron chi connectivity index (χ1n) is 35.0. The molecule has 0 fully saturated rings. The van der Waals surface area contributed by atoms with Gasteiger partial charge in [-0.3, -0.25) is 37.3 Å². The molecule has 0 aromatic rings. The van der Waals surface area contributed by atoms with Crippen LogP contribution in [0.4, 0.5) is 0 Å². The quantitative estimate of drug-likeness (QED) is 0.0222. The lowest BCUT2D eigenvalue weighted by Gasteiger charge is -2.21. The second-order valence-electron chi connectivity index (χ2n) is 24.9. The molecule has 0 aliphatic heterocycles. The molecule has 510 valence electrons. The number of aliphatic hydroxyl groups is 1. The van der Waals surface area contributed by atoms with Gasteiger partial charge in [0.15, 0.2) is 12.2 Å². The van der Waals surface area contributed by atoms with E-state index in [1.807, 2.05) is 0 Å². The fourth-order valence-corrected chi connectivity index (χ4v) is 11.6. The number of esters is 4. The fourth-order valence-electron chi connectivity index (χ4n) is 10.0. The van der Waals surface area contributed by atoms with Crippen molar-refractivity contribution >= 4 is 39.5 Å². The molecule has 3 N–H and O–H groups in total. The summed E-state index contributed by atoms with van der Waals surface area (Å²) in [5, 5.41) is 10.5. The summed E-state index contributed by atoms with van der Waals surface area (Å²) in [7, 11) is -9.89. The molecule has 0 bridgehead atoms. The van der Waals surface area contributed by atoms with Gasteiger partial charge in [-0.25, -0.2) is 9.13 Å². The third kappa shape index (κ3) is 59.7. The summed E-state index contributed by atoms with van der Waals surface area (Å²) >= 11 is 0. The zero-order valence-corrected chi connectivity index (χ0v) is 57.4. The average Bonchev–Trinajstić information content (AvgIpc) is 3.69. The average molecular weight is 1270 g/mol. The molecular weight excluding hydrogens is 1140 g/mol. The summed E-state index contributed by atoms with van der Waals surface area (Å²) in [5.74, 6) is -0.690. The lowest BCUT2D eigenvalue weighted by Crippen LogP contribution is -2.30. The highest BCUT2D eigenvalue weighted by Crippen LogP contribution is 2.45. The molecule has 17 nitrogen and oxygen atoms in total. The van der Waals surface area contributed by atoms with Crippen LogP contribution in [0.2, 0.25) is 0 Å². The van der Waals surface area contributed by atoms with E-state index in [9.17, 15) is 43.2 Å². The third-order valence-corrected chi connectivity index (χ3v) is 17.7. The van der Waals surface area contributed by atoms with Crippen molar-refractivity contribution in [2.24, 2.45) is 11.8 Å². The first-order chi connectivity index (χ1) is 41.4. The SMILES string of the molecule is CCCCCCCCCCCCCCCCCCCCC(=O)O[C@H](COC(=O)CCCCCCCCCCC(C)C)COP(=O)(O)OC[C@@H](O)COP(=O)(O)OC[C@@H](COC(=O)CCCCCCCCC)OC(=O)CCCCCCCCC(C)CC. The number of hydrogen-bond acceptors (Lipinski definition) is 15. The van der Waals surface area contributed by atoms with Gasteiger partial charge in [-0.15, -0.1) is 0 Å². The van der Waals surface area contributed by atoms with Crippen LogP contribution in [0.3, 0.4) is 0 Å². The molecule has 0 amide bonds. The molecule has 86 heavy (non-hydrogen) atoms. The molecular formula is C67H130O17P2. The van der Waals surface area contributed by atoms with E-state index < -0.39 is 97.5 Å². The Balaban J connectivity index is 5.18. The van der Waals surface area contributed by atoms with Crippen LogP contribution >= 0.6 is 15.6 Å². The largest absolute Gasteiger partial charge is 0.472 e. The standard InChI is InChI=1S/C67H130O17P2/c1-7-10-12-14-16-17-18-19-20-21-22-23-24-25-26-32-39-45-51-66(71)83-62(56-78-65(70)50-44-38-31-28-27-30-35-41-47-59(4)5)57-81-85(73,74)79-53-61(68)54-80-86(75,76)82-58-63(55-77-64(69)49-43-37-29-15-13-11-8-2)84-67(72)52-46-40-34-33-36-42-48-60(6)9-3/h59-63,68H,7-58H2,1-6H3,(H,73,74)(H,75,76)/t60?,61-,62-,63-/m1/s1. The summed E-state index contributed by atoms with van der Waals surface area (Å²) in [6.45, 7) is 9.40. The molecule has 0 radical (unpaired) electrons. The van der Waals surface area contributed by atoms with E-state index in [1.165, 1.54) is 141 Å². The zero-order valence-electron chi connectivity index (χ0n) is 55.6. The number of phosphoric ester groups is 2. The van der Waals surface area contributed by atoms with Crippen LogP contribution in [0.1, 0.15) is 337 Å². The van der Waals surface area contributed by atoms with Crippen molar-refractivity contribution in [2.75, 3.05) is 39.6 Å². The first-order valence-corrected chi connectivity index (χ1v) is 38.0. The highest BCUT2D eigenvalue weighted by atomic mass is 31.2. The Labute approximate surface area is 524 Å². The molecule has 0 saturated carbocycles. The smallest absolute Gasteiger partial charge is 0.462 e. The predicted molar refractivity (Wildman–Crippen MR) is 345 cm³/mol. The zero-order chi connectivity index (χ0) is 63.6. The van der Waals surface area contributed by atoms with Crippen LogP contribution in [0.5, 0.6) is 0 Å². The van der Waals surface area contributed by atoms with Gasteiger partial charge in [0.2, 0.25) is 0 Å². The van der Waals surface area contributed by atoms with Gasteiger partial charge in [0.1, 0.15) is 19.3 Å². The van der Waals surface area contributed by atoms with E-state index in [2.05, 4.69) is 41.5 Å². The van der Waals surface area contributed by atoms with E-state index in [4.69, 9.17) is 37.0 Å². The highest BCUT2D eigenvalue weighted by molar-refractivity contribution is 7.47. The first kappa shape index (κ1) is 84.1. The molecule has 0 aliphatic rings. The van der Waals surface area contributed by atoms with E-state index >= 15 is 0 Å². The Morgan fingerprint density at radius 1 is 0.337 bits per heavy atom. The minimum absolute atomic E-state index is 0.102. The van der Waals surface area contributed by atoms with Crippen LogP contribution in [0.25, 0.3) is 0 Å². The lowest BCUT2D eigenvalue weighted by molar-refractivity contribution is -0.161. The van der Waals surface area contributed by atoms with Gasteiger partial charge in [-0.2, -0.15) is 0 Å². The number of hydrogen-bond donors (Lipinski definition) is 3. The second kappa shape index (κ2) is 59.4. The highest BCUT2D eigenvalue weighted by Gasteiger charge is 2.30. The van der Waals surface area contributed by atoms with Gasteiger partial charge in [0.25, 0.3) is 0 Å². The Kier molecular flexibility index (Phi) is 58.0. The summed E-state index contributed by atoms with van der Waals surface area (Å²) in [6, 6.07) is 0. The second-order valence-corrected chi connectivity index (χ2v) is 27.8. The van der Waals surface area contributed by atoms with E-state index in [0.29, 0.717) is 25.7 Å². The molecule has 0 heterocycles. The maximum absolute atomic E-state index is 13.0. The normalized spacial score (nSPS) is 14.5. The summed E-state index contributed by atoms with van der Waals surface area (Å²) in [5.41, 5.74) is 0. The van der Waals surface area contributed by atoms with Crippen molar-refractivity contribution in [2.45, 2.75) is 355 Å². The summed E-state index contributed by atoms with van der Waals surface area (Å²) < 4.78 is 68.0. The number of phosphoric acid groups is 2. The van der Waals surface area contributed by atoms with Crippen molar-refractivity contribution in [3.63, 3.8) is 0 Å². The molecule has 0 spiro atoms. The molecule has 0 rings (SSSR count). The Hall–Kier alpha value is -1.94. The van der Waals surface area contributed by atoms with Crippen LogP contribution in [-0.2, 0) is 65.4 Å². The molecule has 6 atom stereocenters. The van der Waals surface area contributed by atoms with E-state index in [0.717, 1.165) is 115 Å².